The zero-order valence-electron chi connectivity index (χ0n) is 11.9. The van der Waals surface area contributed by atoms with E-state index < -0.39 is 5.60 Å². The summed E-state index contributed by atoms with van der Waals surface area (Å²) in [5.74, 6) is 0.616. The van der Waals surface area contributed by atoms with Gasteiger partial charge in [-0.25, -0.2) is 0 Å². The second-order valence-corrected chi connectivity index (χ2v) is 4.82. The van der Waals surface area contributed by atoms with E-state index in [1.165, 1.54) is 5.56 Å². The van der Waals surface area contributed by atoms with Crippen LogP contribution in [0.1, 0.15) is 12.0 Å². The van der Waals surface area contributed by atoms with Crippen molar-refractivity contribution < 1.29 is 9.84 Å². The van der Waals surface area contributed by atoms with E-state index >= 15 is 0 Å². The summed E-state index contributed by atoms with van der Waals surface area (Å²) < 4.78 is 5.35. The maximum absolute atomic E-state index is 10.9. The van der Waals surface area contributed by atoms with E-state index in [2.05, 4.69) is 17.4 Å². The van der Waals surface area contributed by atoms with Crippen LogP contribution in [0.4, 0.5) is 0 Å². The minimum atomic E-state index is -0.992. The number of benzene rings is 1. The van der Waals surface area contributed by atoms with Crippen LogP contribution < -0.4 is 5.32 Å². The number of hydrogen-bond donors (Lipinski definition) is 2. The maximum Gasteiger partial charge on any atom is 0.140 e. The van der Waals surface area contributed by atoms with E-state index in [4.69, 9.17) is 4.74 Å². The number of aliphatic hydroxyl groups is 1. The summed E-state index contributed by atoms with van der Waals surface area (Å²) in [4.78, 5) is 0. The fraction of sp³-hybridized carbons (Fsp3) is 0.375. The molecule has 110 valence electrons. The van der Waals surface area contributed by atoms with Gasteiger partial charge < -0.3 is 15.2 Å². The summed E-state index contributed by atoms with van der Waals surface area (Å²) in [7, 11) is 3.47. The first-order valence-electron chi connectivity index (χ1n) is 6.55. The largest absolute Gasteiger partial charge is 0.498 e. The first-order chi connectivity index (χ1) is 9.20. The second kappa shape index (κ2) is 7.48. The molecule has 4 heteroatoms. The van der Waals surface area contributed by atoms with Crippen molar-refractivity contribution in [2.45, 2.75) is 24.5 Å². The minimum absolute atomic E-state index is 0. The van der Waals surface area contributed by atoms with Crippen LogP contribution in [0.2, 0.25) is 0 Å². The first-order valence-corrected chi connectivity index (χ1v) is 6.55. The Hall–Kier alpha value is -1.29. The van der Waals surface area contributed by atoms with Gasteiger partial charge in [0.05, 0.1) is 7.11 Å². The fourth-order valence-electron chi connectivity index (χ4n) is 2.57. The highest BCUT2D eigenvalue weighted by molar-refractivity contribution is 5.85. The number of ether oxygens (including phenoxy) is 1. The molecule has 2 atom stereocenters. The monoisotopic (exact) mass is 295 g/mol. The lowest BCUT2D eigenvalue weighted by Crippen LogP contribution is -2.52. The van der Waals surface area contributed by atoms with Crippen molar-refractivity contribution in [2.75, 3.05) is 14.2 Å². The summed E-state index contributed by atoms with van der Waals surface area (Å²) in [5.41, 5.74) is 0.203. The molecular formula is C16H22ClNO2. The van der Waals surface area contributed by atoms with E-state index in [1.807, 2.05) is 43.5 Å². The van der Waals surface area contributed by atoms with Gasteiger partial charge in [-0.2, -0.15) is 0 Å². The average Bonchev–Trinajstić information content (AvgIpc) is 2.46. The Balaban J connectivity index is 0.00000200. The average molecular weight is 296 g/mol. The molecule has 1 aliphatic rings. The molecule has 20 heavy (non-hydrogen) atoms. The third-order valence-electron chi connectivity index (χ3n) is 3.67. The van der Waals surface area contributed by atoms with Gasteiger partial charge in [0.1, 0.15) is 11.4 Å². The number of allylic oxidation sites excluding steroid dienone is 2. The standard InChI is InChI=1S/C16H21NO2.ClH/c1-17-14(12-13-8-4-3-5-9-13)16(18)11-7-6-10-15(16)19-2;/h3-10,14,17-18H,11-12H2,1-2H3;1H. The van der Waals surface area contributed by atoms with Crippen LogP contribution in [0.3, 0.4) is 0 Å². The third kappa shape index (κ3) is 3.42. The van der Waals surface area contributed by atoms with Gasteiger partial charge in [0.15, 0.2) is 0 Å². The van der Waals surface area contributed by atoms with E-state index in [0.29, 0.717) is 12.2 Å². The van der Waals surface area contributed by atoms with Gasteiger partial charge in [0.2, 0.25) is 0 Å². The van der Waals surface area contributed by atoms with E-state index in [1.54, 1.807) is 7.11 Å². The van der Waals surface area contributed by atoms with Crippen molar-refractivity contribution in [3.63, 3.8) is 0 Å². The highest BCUT2D eigenvalue weighted by atomic mass is 35.5. The number of nitrogens with one attached hydrogen (secondary N) is 1. The second-order valence-electron chi connectivity index (χ2n) is 4.82. The van der Waals surface area contributed by atoms with Crippen molar-refractivity contribution in [3.05, 3.63) is 59.9 Å². The highest BCUT2D eigenvalue weighted by Crippen LogP contribution is 2.31. The Bertz CT molecular complexity index is 473. The molecule has 0 heterocycles. The van der Waals surface area contributed by atoms with Gasteiger partial charge in [-0.15, -0.1) is 12.4 Å². The van der Waals surface area contributed by atoms with Crippen LogP contribution in [0.15, 0.2) is 54.3 Å². The summed E-state index contributed by atoms with van der Waals surface area (Å²) in [6, 6.07) is 10.1. The van der Waals surface area contributed by atoms with Crippen molar-refractivity contribution in [3.8, 4) is 0 Å². The van der Waals surface area contributed by atoms with Gasteiger partial charge >= 0.3 is 0 Å². The van der Waals surface area contributed by atoms with Gasteiger partial charge in [-0.1, -0.05) is 42.5 Å². The summed E-state index contributed by atoms with van der Waals surface area (Å²) >= 11 is 0. The van der Waals surface area contributed by atoms with Gasteiger partial charge in [0.25, 0.3) is 0 Å². The summed E-state index contributed by atoms with van der Waals surface area (Å²) in [6.07, 6.45) is 7.03. The molecule has 0 saturated heterocycles. The van der Waals surface area contributed by atoms with E-state index in [-0.39, 0.29) is 18.4 Å². The Morgan fingerprint density at radius 1 is 1.35 bits per heavy atom. The van der Waals surface area contributed by atoms with Crippen LogP contribution >= 0.6 is 12.4 Å². The van der Waals surface area contributed by atoms with Crippen molar-refractivity contribution in [2.24, 2.45) is 0 Å². The molecule has 0 bridgehead atoms. The topological polar surface area (TPSA) is 41.5 Å². The number of hydrogen-bond acceptors (Lipinski definition) is 3. The zero-order chi connectivity index (χ0) is 13.7. The van der Waals surface area contributed by atoms with Gasteiger partial charge in [-0.3, -0.25) is 0 Å². The van der Waals surface area contributed by atoms with E-state index in [9.17, 15) is 5.11 Å². The predicted molar refractivity (Wildman–Crippen MR) is 84.0 cm³/mol. The van der Waals surface area contributed by atoms with Gasteiger partial charge in [-0.05, 0) is 25.1 Å². The molecule has 2 unspecified atom stereocenters. The molecule has 0 radical (unpaired) electrons. The SMILES string of the molecule is CNC(Cc1ccccc1)C1(O)CC=CC=C1OC.Cl. The summed E-state index contributed by atoms with van der Waals surface area (Å²) in [6.45, 7) is 0. The maximum atomic E-state index is 10.9. The lowest BCUT2D eigenvalue weighted by Gasteiger charge is -2.37. The normalized spacial score (nSPS) is 22.6. The van der Waals surface area contributed by atoms with E-state index in [0.717, 1.165) is 6.42 Å². The molecule has 0 aliphatic heterocycles. The van der Waals surface area contributed by atoms with Crippen LogP contribution in [0, 0.1) is 0 Å². The number of halogens is 1. The Morgan fingerprint density at radius 3 is 2.65 bits per heavy atom. The molecule has 1 aromatic rings. The Labute approximate surface area is 126 Å². The fourth-order valence-corrected chi connectivity index (χ4v) is 2.57. The molecule has 0 amide bonds. The van der Waals surface area contributed by atoms with Crippen LogP contribution in [-0.2, 0) is 11.2 Å². The number of rotatable bonds is 5. The molecule has 2 rings (SSSR count). The lowest BCUT2D eigenvalue weighted by molar-refractivity contribution is -0.00694. The summed E-state index contributed by atoms with van der Waals surface area (Å²) in [5, 5.41) is 14.2. The molecular weight excluding hydrogens is 274 g/mol. The molecule has 0 saturated carbocycles. The number of methoxy groups -OCH3 is 1. The highest BCUT2D eigenvalue weighted by Gasteiger charge is 2.40. The third-order valence-corrected chi connectivity index (χ3v) is 3.67. The predicted octanol–water partition coefficient (Wildman–Crippen LogP) is 2.46. The molecule has 0 aromatic heterocycles. The first kappa shape index (κ1) is 16.8. The zero-order valence-corrected chi connectivity index (χ0v) is 12.7. The molecule has 1 aliphatic carbocycles. The van der Waals surface area contributed by atoms with Crippen molar-refractivity contribution >= 4 is 12.4 Å². The minimum Gasteiger partial charge on any atom is -0.498 e. The van der Waals surface area contributed by atoms with Crippen LogP contribution in [-0.4, -0.2) is 30.9 Å². The van der Waals surface area contributed by atoms with Crippen LogP contribution in [0.5, 0.6) is 0 Å². The molecule has 0 fully saturated rings. The Morgan fingerprint density at radius 2 is 2.05 bits per heavy atom. The quantitative estimate of drug-likeness (QED) is 0.877. The van der Waals surface area contributed by atoms with Crippen molar-refractivity contribution in [1.29, 1.82) is 0 Å². The van der Waals surface area contributed by atoms with Gasteiger partial charge in [0, 0.05) is 12.5 Å². The Kier molecular flexibility index (Phi) is 6.27. The molecule has 3 nitrogen and oxygen atoms in total. The smallest absolute Gasteiger partial charge is 0.140 e. The van der Waals surface area contributed by atoms with Crippen LogP contribution in [0.25, 0.3) is 0 Å². The molecule has 2 N–H and O–H groups in total. The lowest BCUT2D eigenvalue weighted by atomic mass is 9.82. The molecule has 1 aromatic carbocycles. The van der Waals surface area contributed by atoms with Crippen molar-refractivity contribution in [1.82, 2.24) is 5.32 Å². The number of likely N-dealkylation sites (N-methyl/N-ethyl adjacent to an activating group) is 1. The molecule has 0 spiro atoms.